The van der Waals surface area contributed by atoms with Gasteiger partial charge in [-0.25, -0.2) is 9.78 Å². The quantitative estimate of drug-likeness (QED) is 0.849. The number of aryl methyl sites for hydroxylation is 3. The van der Waals surface area contributed by atoms with Crippen LogP contribution in [0.4, 0.5) is 0 Å². The van der Waals surface area contributed by atoms with Crippen molar-refractivity contribution in [3.63, 3.8) is 0 Å². The van der Waals surface area contributed by atoms with Crippen molar-refractivity contribution in [1.82, 2.24) is 19.9 Å². The van der Waals surface area contributed by atoms with E-state index in [2.05, 4.69) is 15.3 Å². The Hall–Kier alpha value is -2.22. The Kier molecular flexibility index (Phi) is 3.69. The Morgan fingerprint density at radius 3 is 3.05 bits per heavy atom. The van der Waals surface area contributed by atoms with Crippen LogP contribution in [0.2, 0.25) is 0 Å². The summed E-state index contributed by atoms with van der Waals surface area (Å²) < 4.78 is 1.18. The topological polar surface area (TPSA) is 96.8 Å². The number of carbonyl (C=O) groups is 1. The van der Waals surface area contributed by atoms with Crippen LogP contribution in [-0.4, -0.2) is 20.4 Å². The van der Waals surface area contributed by atoms with E-state index in [4.69, 9.17) is 0 Å². The van der Waals surface area contributed by atoms with Gasteiger partial charge in [0.15, 0.2) is 0 Å². The Balaban J connectivity index is 1.88. The molecule has 0 unspecified atom stereocenters. The number of H-pyrrole nitrogens is 1. The summed E-state index contributed by atoms with van der Waals surface area (Å²) in [6.45, 7) is 1.94. The van der Waals surface area contributed by atoms with Gasteiger partial charge >= 0.3 is 5.69 Å². The van der Waals surface area contributed by atoms with Gasteiger partial charge in [-0.15, -0.1) is 11.3 Å². The first kappa shape index (κ1) is 14.7. The minimum absolute atomic E-state index is 0.0684. The number of hydrogen-bond acceptors (Lipinski definition) is 5. The van der Waals surface area contributed by atoms with E-state index in [1.807, 2.05) is 6.92 Å². The van der Waals surface area contributed by atoms with Crippen LogP contribution in [0.3, 0.4) is 0 Å². The fraction of sp³-hybridized carbons (Fsp3) is 0.429. The first-order chi connectivity index (χ1) is 10.5. The second kappa shape index (κ2) is 5.53. The molecule has 0 fully saturated rings. The lowest BCUT2D eigenvalue weighted by atomic mass is 9.97. The number of aromatic amines is 1. The van der Waals surface area contributed by atoms with Crippen molar-refractivity contribution in [2.75, 3.05) is 0 Å². The van der Waals surface area contributed by atoms with Crippen molar-refractivity contribution in [3.05, 3.63) is 48.2 Å². The zero-order chi connectivity index (χ0) is 15.9. The Bertz CT molecular complexity index is 849. The van der Waals surface area contributed by atoms with Gasteiger partial charge in [0.05, 0.1) is 16.7 Å². The predicted molar refractivity (Wildman–Crippen MR) is 82.3 cm³/mol. The summed E-state index contributed by atoms with van der Waals surface area (Å²) >= 11 is 1.65. The van der Waals surface area contributed by atoms with Crippen LogP contribution in [0.5, 0.6) is 0 Å². The molecule has 116 valence electrons. The minimum atomic E-state index is -0.675. The number of thiazole rings is 1. The van der Waals surface area contributed by atoms with E-state index in [1.54, 1.807) is 11.3 Å². The molecule has 0 aliphatic heterocycles. The van der Waals surface area contributed by atoms with Gasteiger partial charge < -0.3 is 9.88 Å². The number of aromatic nitrogens is 3. The van der Waals surface area contributed by atoms with Gasteiger partial charge in [-0.1, -0.05) is 0 Å². The summed E-state index contributed by atoms with van der Waals surface area (Å²) in [6.07, 6.45) is 4.01. The van der Waals surface area contributed by atoms with Crippen molar-refractivity contribution in [2.45, 2.75) is 32.2 Å². The average molecular weight is 320 g/mol. The number of amides is 1. The van der Waals surface area contributed by atoms with Gasteiger partial charge in [0.25, 0.3) is 11.5 Å². The SMILES string of the molecule is Cc1nc2c(s1)CCC[C@H]2NC(=O)c1cn(C)c(=O)[nH]c1=O. The first-order valence-corrected chi connectivity index (χ1v) is 7.84. The van der Waals surface area contributed by atoms with Gasteiger partial charge in [-0.3, -0.25) is 14.6 Å². The second-order valence-electron chi connectivity index (χ2n) is 5.37. The highest BCUT2D eigenvalue weighted by atomic mass is 32.1. The third-order valence-corrected chi connectivity index (χ3v) is 4.77. The molecule has 8 heteroatoms. The molecule has 2 aromatic heterocycles. The van der Waals surface area contributed by atoms with Crippen LogP contribution in [0.25, 0.3) is 0 Å². The van der Waals surface area contributed by atoms with Gasteiger partial charge in [0.1, 0.15) is 5.56 Å². The lowest BCUT2D eigenvalue weighted by molar-refractivity contribution is 0.0929. The predicted octanol–water partition coefficient (Wildman–Crippen LogP) is 0.646. The molecular formula is C14H16N4O3S. The molecule has 0 saturated heterocycles. The Morgan fingerprint density at radius 1 is 1.50 bits per heavy atom. The molecule has 2 N–H and O–H groups in total. The lowest BCUT2D eigenvalue weighted by Gasteiger charge is -2.22. The molecule has 1 amide bonds. The van der Waals surface area contributed by atoms with Gasteiger partial charge in [-0.05, 0) is 26.2 Å². The summed E-state index contributed by atoms with van der Waals surface area (Å²) in [7, 11) is 1.48. The van der Waals surface area contributed by atoms with Crippen LogP contribution in [0, 0.1) is 6.92 Å². The normalized spacial score (nSPS) is 17.1. The van der Waals surface area contributed by atoms with E-state index in [9.17, 15) is 14.4 Å². The van der Waals surface area contributed by atoms with Crippen LogP contribution in [0.15, 0.2) is 15.8 Å². The highest BCUT2D eigenvalue weighted by Gasteiger charge is 2.26. The van der Waals surface area contributed by atoms with E-state index >= 15 is 0 Å². The molecule has 1 atom stereocenters. The van der Waals surface area contributed by atoms with Crippen LogP contribution in [-0.2, 0) is 13.5 Å². The monoisotopic (exact) mass is 320 g/mol. The van der Waals surface area contributed by atoms with Gasteiger partial charge in [0, 0.05) is 18.1 Å². The standard InChI is InChI=1S/C14H16N4O3S/c1-7-15-11-9(4-3-5-10(11)22-7)16-12(19)8-6-18(2)14(21)17-13(8)20/h6,9H,3-5H2,1-2H3,(H,16,19)(H,17,20,21)/t9-/m1/s1. The van der Waals surface area contributed by atoms with E-state index in [0.29, 0.717) is 0 Å². The van der Waals surface area contributed by atoms with Crippen LogP contribution in [0.1, 0.15) is 44.8 Å². The lowest BCUT2D eigenvalue weighted by Crippen LogP contribution is -2.38. The number of hydrogen-bond donors (Lipinski definition) is 2. The van der Waals surface area contributed by atoms with Crippen molar-refractivity contribution < 1.29 is 4.79 Å². The van der Waals surface area contributed by atoms with Crippen molar-refractivity contribution in [1.29, 1.82) is 0 Å². The molecule has 0 bridgehead atoms. The van der Waals surface area contributed by atoms with Crippen molar-refractivity contribution in [3.8, 4) is 0 Å². The fourth-order valence-electron chi connectivity index (χ4n) is 2.64. The Labute approximate surface area is 130 Å². The maximum atomic E-state index is 12.3. The third-order valence-electron chi connectivity index (χ3n) is 3.72. The van der Waals surface area contributed by atoms with E-state index < -0.39 is 17.2 Å². The molecule has 0 spiro atoms. The number of fused-ring (bicyclic) bond motifs is 1. The first-order valence-electron chi connectivity index (χ1n) is 7.02. The summed E-state index contributed by atoms with van der Waals surface area (Å²) in [4.78, 5) is 43.3. The number of nitrogens with zero attached hydrogens (tertiary/aromatic N) is 2. The van der Waals surface area contributed by atoms with Gasteiger partial charge in [0.2, 0.25) is 0 Å². The summed E-state index contributed by atoms with van der Waals surface area (Å²) in [5.74, 6) is -0.486. The third kappa shape index (κ3) is 2.61. The maximum absolute atomic E-state index is 12.3. The molecule has 3 rings (SSSR count). The molecule has 7 nitrogen and oxygen atoms in total. The number of rotatable bonds is 2. The highest BCUT2D eigenvalue weighted by molar-refractivity contribution is 7.11. The summed E-state index contributed by atoms with van der Waals surface area (Å²) in [5.41, 5.74) is -0.382. The zero-order valence-corrected chi connectivity index (χ0v) is 13.1. The molecule has 0 radical (unpaired) electrons. The summed E-state index contributed by atoms with van der Waals surface area (Å²) in [5, 5.41) is 3.84. The largest absolute Gasteiger partial charge is 0.343 e. The smallest absolute Gasteiger partial charge is 0.328 e. The number of carbonyl (C=O) groups excluding carboxylic acids is 1. The Morgan fingerprint density at radius 2 is 2.27 bits per heavy atom. The molecule has 1 aliphatic carbocycles. The number of nitrogens with one attached hydrogen (secondary N) is 2. The van der Waals surface area contributed by atoms with E-state index in [-0.39, 0.29) is 11.6 Å². The van der Waals surface area contributed by atoms with Crippen LogP contribution < -0.4 is 16.6 Å². The van der Waals surface area contributed by atoms with Crippen molar-refractivity contribution in [2.24, 2.45) is 7.05 Å². The summed E-state index contributed by atoms with van der Waals surface area (Å²) in [6, 6.07) is -0.183. The molecular weight excluding hydrogens is 304 g/mol. The zero-order valence-electron chi connectivity index (χ0n) is 12.3. The maximum Gasteiger partial charge on any atom is 0.328 e. The van der Waals surface area contributed by atoms with Crippen LogP contribution >= 0.6 is 11.3 Å². The minimum Gasteiger partial charge on any atom is -0.343 e. The molecule has 2 heterocycles. The highest BCUT2D eigenvalue weighted by Crippen LogP contribution is 2.33. The molecule has 2 aromatic rings. The fourth-order valence-corrected chi connectivity index (χ4v) is 3.68. The average Bonchev–Trinajstić information content (AvgIpc) is 2.84. The molecule has 1 aliphatic rings. The van der Waals surface area contributed by atoms with Crippen molar-refractivity contribution >= 4 is 17.2 Å². The second-order valence-corrected chi connectivity index (χ2v) is 6.66. The van der Waals surface area contributed by atoms with E-state index in [1.165, 1.54) is 22.7 Å². The molecule has 0 aromatic carbocycles. The molecule has 0 saturated carbocycles. The van der Waals surface area contributed by atoms with E-state index in [0.717, 1.165) is 30.0 Å². The molecule has 22 heavy (non-hydrogen) atoms. The van der Waals surface area contributed by atoms with Gasteiger partial charge in [-0.2, -0.15) is 0 Å².